The Labute approximate surface area is 74.7 Å². The van der Waals surface area contributed by atoms with Crippen molar-refractivity contribution in [3.8, 4) is 0 Å². The van der Waals surface area contributed by atoms with Gasteiger partial charge in [-0.25, -0.2) is 0 Å². The Morgan fingerprint density at radius 1 is 1.83 bits per heavy atom. The number of rotatable bonds is 1. The lowest BCUT2D eigenvalue weighted by molar-refractivity contribution is -0.431. The summed E-state index contributed by atoms with van der Waals surface area (Å²) in [4.78, 5) is 9.93. The fourth-order valence-corrected chi connectivity index (χ4v) is 1.27. The molecule has 0 saturated heterocycles. The Morgan fingerprint density at radius 3 is 2.92 bits per heavy atom. The van der Waals surface area contributed by atoms with Crippen LogP contribution in [0, 0.1) is 16.0 Å². The molecule has 12 heavy (non-hydrogen) atoms. The van der Waals surface area contributed by atoms with Crippen LogP contribution in [0.25, 0.3) is 0 Å². The van der Waals surface area contributed by atoms with E-state index in [1.54, 1.807) is 0 Å². The molecule has 0 aromatic carbocycles. The molecule has 0 radical (unpaired) electrons. The van der Waals surface area contributed by atoms with Crippen LogP contribution in [0.4, 0.5) is 0 Å². The van der Waals surface area contributed by atoms with Crippen molar-refractivity contribution in [3.05, 3.63) is 21.6 Å². The van der Waals surface area contributed by atoms with Crippen LogP contribution in [-0.2, 0) is 0 Å². The van der Waals surface area contributed by atoms with E-state index < -0.39 is 4.92 Å². The van der Waals surface area contributed by atoms with E-state index in [-0.39, 0.29) is 22.9 Å². The van der Waals surface area contributed by atoms with Crippen LogP contribution in [0.15, 0.2) is 11.5 Å². The largest absolute Gasteiger partial charge is 0.380 e. The second-order valence-electron chi connectivity index (χ2n) is 2.84. The minimum Gasteiger partial charge on any atom is -0.380 e. The SMILES string of the molecule is CC1CC([N+](=O)[O-])=C(N)NC1Cl. The first kappa shape index (κ1) is 9.12. The van der Waals surface area contributed by atoms with E-state index in [1.165, 1.54) is 0 Å². The minimum absolute atomic E-state index is 0.0272. The van der Waals surface area contributed by atoms with Gasteiger partial charge < -0.3 is 11.1 Å². The van der Waals surface area contributed by atoms with Gasteiger partial charge in [0, 0.05) is 12.3 Å². The second-order valence-corrected chi connectivity index (χ2v) is 3.32. The molecule has 0 aliphatic carbocycles. The van der Waals surface area contributed by atoms with Crippen molar-refractivity contribution in [2.24, 2.45) is 11.7 Å². The molecule has 6 heteroatoms. The van der Waals surface area contributed by atoms with E-state index in [0.29, 0.717) is 6.42 Å². The standard InChI is InChI=1S/C6H10ClN3O2/c1-3-2-4(10(11)12)6(8)9-5(3)7/h3,5,9H,2,8H2,1H3. The van der Waals surface area contributed by atoms with Crippen molar-refractivity contribution >= 4 is 11.6 Å². The summed E-state index contributed by atoms with van der Waals surface area (Å²) in [5.41, 5.74) is 5.09. The highest BCUT2D eigenvalue weighted by Crippen LogP contribution is 2.23. The molecule has 0 spiro atoms. The lowest BCUT2D eigenvalue weighted by atomic mass is 10.0. The van der Waals surface area contributed by atoms with Gasteiger partial charge in [-0.3, -0.25) is 10.1 Å². The maximum absolute atomic E-state index is 10.4. The maximum Gasteiger partial charge on any atom is 0.285 e. The van der Waals surface area contributed by atoms with Gasteiger partial charge in [0.2, 0.25) is 0 Å². The van der Waals surface area contributed by atoms with Gasteiger partial charge in [-0.2, -0.15) is 0 Å². The highest BCUT2D eigenvalue weighted by molar-refractivity contribution is 6.20. The van der Waals surface area contributed by atoms with Crippen molar-refractivity contribution in [2.75, 3.05) is 0 Å². The quantitative estimate of drug-likeness (QED) is 0.275. The van der Waals surface area contributed by atoms with E-state index in [0.717, 1.165) is 0 Å². The first-order valence-corrected chi connectivity index (χ1v) is 3.99. The van der Waals surface area contributed by atoms with Crippen LogP contribution in [0.3, 0.4) is 0 Å². The van der Waals surface area contributed by atoms with E-state index in [1.807, 2.05) is 6.92 Å². The molecule has 0 aromatic rings. The predicted octanol–water partition coefficient (Wildman–Crippen LogP) is 0.585. The summed E-state index contributed by atoms with van der Waals surface area (Å²) in [6, 6.07) is 0. The molecule has 0 fully saturated rings. The molecule has 2 atom stereocenters. The second kappa shape index (κ2) is 3.18. The first-order chi connectivity index (χ1) is 5.52. The third-order valence-electron chi connectivity index (χ3n) is 1.84. The predicted molar refractivity (Wildman–Crippen MR) is 44.8 cm³/mol. The lowest BCUT2D eigenvalue weighted by Crippen LogP contribution is -2.39. The highest BCUT2D eigenvalue weighted by Gasteiger charge is 2.30. The molecule has 1 aliphatic rings. The zero-order valence-corrected chi connectivity index (χ0v) is 7.34. The average Bonchev–Trinajstić information content (AvgIpc) is 1.96. The Morgan fingerprint density at radius 2 is 2.42 bits per heavy atom. The molecule has 1 heterocycles. The molecule has 0 bridgehead atoms. The van der Waals surface area contributed by atoms with Gasteiger partial charge in [0.15, 0.2) is 5.82 Å². The van der Waals surface area contributed by atoms with Gasteiger partial charge >= 0.3 is 0 Å². The number of hydrogen-bond donors (Lipinski definition) is 2. The fraction of sp³-hybridized carbons (Fsp3) is 0.667. The van der Waals surface area contributed by atoms with Crippen molar-refractivity contribution in [1.29, 1.82) is 0 Å². The number of hydrogen-bond acceptors (Lipinski definition) is 4. The van der Waals surface area contributed by atoms with Crippen molar-refractivity contribution in [1.82, 2.24) is 5.32 Å². The zero-order valence-electron chi connectivity index (χ0n) is 6.58. The van der Waals surface area contributed by atoms with Gasteiger partial charge in [0.1, 0.15) is 5.50 Å². The molecule has 68 valence electrons. The number of nitro groups is 1. The van der Waals surface area contributed by atoms with E-state index >= 15 is 0 Å². The Hall–Kier alpha value is -0.970. The Balaban J connectivity index is 2.85. The first-order valence-electron chi connectivity index (χ1n) is 3.56. The van der Waals surface area contributed by atoms with Gasteiger partial charge in [0.25, 0.3) is 5.70 Å². The number of alkyl halides is 1. The summed E-state index contributed by atoms with van der Waals surface area (Å²) in [5, 5.41) is 13.0. The number of nitrogens with two attached hydrogens (primary N) is 1. The molecule has 1 aliphatic heterocycles. The highest BCUT2D eigenvalue weighted by atomic mass is 35.5. The van der Waals surface area contributed by atoms with Gasteiger partial charge in [-0.15, -0.1) is 0 Å². The Bertz CT molecular complexity index is 241. The van der Waals surface area contributed by atoms with Crippen molar-refractivity contribution in [2.45, 2.75) is 18.8 Å². The number of nitrogens with zero attached hydrogens (tertiary/aromatic N) is 1. The number of nitrogens with one attached hydrogen (secondary N) is 1. The van der Waals surface area contributed by atoms with E-state index in [2.05, 4.69) is 5.32 Å². The molecular formula is C6H10ClN3O2. The third-order valence-corrected chi connectivity index (χ3v) is 2.38. The van der Waals surface area contributed by atoms with Gasteiger partial charge in [0.05, 0.1) is 4.92 Å². The molecule has 0 aromatic heterocycles. The monoisotopic (exact) mass is 191 g/mol. The van der Waals surface area contributed by atoms with Crippen molar-refractivity contribution in [3.63, 3.8) is 0 Å². The Kier molecular flexibility index (Phi) is 2.42. The van der Waals surface area contributed by atoms with Crippen LogP contribution < -0.4 is 11.1 Å². The summed E-state index contributed by atoms with van der Waals surface area (Å²) >= 11 is 5.78. The zero-order chi connectivity index (χ0) is 9.30. The topological polar surface area (TPSA) is 81.2 Å². The normalized spacial score (nSPS) is 29.8. The van der Waals surface area contributed by atoms with E-state index in [4.69, 9.17) is 17.3 Å². The number of halogens is 1. The summed E-state index contributed by atoms with van der Waals surface area (Å²) < 4.78 is 0. The van der Waals surface area contributed by atoms with Crippen LogP contribution >= 0.6 is 11.6 Å². The van der Waals surface area contributed by atoms with Crippen LogP contribution in [0.5, 0.6) is 0 Å². The van der Waals surface area contributed by atoms with Crippen LogP contribution in [0.1, 0.15) is 13.3 Å². The van der Waals surface area contributed by atoms with Gasteiger partial charge in [-0.05, 0) is 0 Å². The molecule has 0 saturated carbocycles. The van der Waals surface area contributed by atoms with Gasteiger partial charge in [-0.1, -0.05) is 18.5 Å². The summed E-state index contributed by atoms with van der Waals surface area (Å²) in [6.45, 7) is 1.83. The maximum atomic E-state index is 10.4. The third kappa shape index (κ3) is 1.61. The smallest absolute Gasteiger partial charge is 0.285 e. The number of allylic oxidation sites excluding steroid dienone is 1. The minimum atomic E-state index is -0.471. The molecule has 5 nitrogen and oxygen atoms in total. The fourth-order valence-electron chi connectivity index (χ4n) is 1.07. The molecule has 0 amide bonds. The molecule has 2 unspecified atom stereocenters. The molecule has 3 N–H and O–H groups in total. The molecular weight excluding hydrogens is 182 g/mol. The average molecular weight is 192 g/mol. The summed E-state index contributed by atoms with van der Waals surface area (Å²) in [6.07, 6.45) is 0.319. The van der Waals surface area contributed by atoms with E-state index in [9.17, 15) is 10.1 Å². The van der Waals surface area contributed by atoms with Crippen LogP contribution in [0.2, 0.25) is 0 Å². The van der Waals surface area contributed by atoms with Crippen molar-refractivity contribution < 1.29 is 4.92 Å². The lowest BCUT2D eigenvalue weighted by Gasteiger charge is -2.24. The summed E-state index contributed by atoms with van der Waals surface area (Å²) in [7, 11) is 0. The summed E-state index contributed by atoms with van der Waals surface area (Å²) in [5.74, 6) is 0.109. The van der Waals surface area contributed by atoms with Crippen LogP contribution in [-0.4, -0.2) is 10.4 Å². The molecule has 1 rings (SSSR count).